The van der Waals surface area contributed by atoms with E-state index in [9.17, 15) is 23.3 Å². The van der Waals surface area contributed by atoms with Gasteiger partial charge in [-0.25, -0.2) is 8.42 Å². The number of nitro groups is 1. The van der Waals surface area contributed by atoms with E-state index >= 15 is 0 Å². The van der Waals surface area contributed by atoms with Crippen LogP contribution in [0, 0.1) is 24.0 Å². The lowest BCUT2D eigenvalue weighted by Crippen LogP contribution is -2.40. The Morgan fingerprint density at radius 2 is 1.91 bits per heavy atom. The normalized spacial score (nSPS) is 12.8. The number of benzene rings is 1. The van der Waals surface area contributed by atoms with Crippen molar-refractivity contribution in [1.29, 1.82) is 0 Å². The van der Waals surface area contributed by atoms with Gasteiger partial charge in [-0.3, -0.25) is 14.9 Å². The number of nitrogens with one attached hydrogen (secondary N) is 1. The summed E-state index contributed by atoms with van der Waals surface area (Å²) in [6.07, 6.45) is 1.34. The average molecular weight is 344 g/mol. The van der Waals surface area contributed by atoms with Crippen LogP contribution in [0.1, 0.15) is 37.3 Å². The van der Waals surface area contributed by atoms with Gasteiger partial charge in [-0.2, -0.15) is 4.72 Å². The second-order valence-corrected chi connectivity index (χ2v) is 7.00. The van der Waals surface area contributed by atoms with E-state index in [1.54, 1.807) is 13.8 Å². The first-order chi connectivity index (χ1) is 10.6. The van der Waals surface area contributed by atoms with Gasteiger partial charge in [0, 0.05) is 6.07 Å². The summed E-state index contributed by atoms with van der Waals surface area (Å²) in [7, 11) is -4.32. The SMILES string of the molecule is CCCCC(NS(=O)(=O)c1cc(C)c(C)cc1[N+](=O)[O-])C(=O)O. The molecule has 0 aliphatic heterocycles. The molecule has 1 aromatic rings. The highest BCUT2D eigenvalue weighted by Gasteiger charge is 2.31. The number of carboxylic acids is 1. The predicted molar refractivity (Wildman–Crippen MR) is 83.8 cm³/mol. The van der Waals surface area contributed by atoms with Crippen LogP contribution in [-0.4, -0.2) is 30.5 Å². The van der Waals surface area contributed by atoms with Crippen molar-refractivity contribution in [3.8, 4) is 0 Å². The number of aliphatic carboxylic acids is 1. The van der Waals surface area contributed by atoms with Crippen molar-refractivity contribution in [2.45, 2.75) is 51.0 Å². The largest absolute Gasteiger partial charge is 0.480 e. The van der Waals surface area contributed by atoms with E-state index in [-0.39, 0.29) is 6.42 Å². The summed E-state index contributed by atoms with van der Waals surface area (Å²) >= 11 is 0. The molecule has 23 heavy (non-hydrogen) atoms. The molecule has 8 nitrogen and oxygen atoms in total. The van der Waals surface area contributed by atoms with Crippen LogP contribution < -0.4 is 4.72 Å². The zero-order chi connectivity index (χ0) is 17.8. The van der Waals surface area contributed by atoms with Gasteiger partial charge in [-0.15, -0.1) is 0 Å². The number of unbranched alkanes of at least 4 members (excludes halogenated alkanes) is 1. The Balaban J connectivity index is 3.29. The summed E-state index contributed by atoms with van der Waals surface area (Å²) in [4.78, 5) is 21.0. The maximum atomic E-state index is 12.4. The Kier molecular flexibility index (Phi) is 6.22. The fourth-order valence-corrected chi connectivity index (χ4v) is 3.49. The van der Waals surface area contributed by atoms with E-state index in [4.69, 9.17) is 5.11 Å². The highest BCUT2D eigenvalue weighted by molar-refractivity contribution is 7.89. The molecule has 1 unspecified atom stereocenters. The molecule has 9 heteroatoms. The fourth-order valence-electron chi connectivity index (χ4n) is 2.02. The first kappa shape index (κ1) is 19.0. The molecule has 128 valence electrons. The summed E-state index contributed by atoms with van der Waals surface area (Å²) in [5.74, 6) is -1.31. The Morgan fingerprint density at radius 3 is 2.39 bits per heavy atom. The molecule has 1 atom stereocenters. The molecule has 0 spiro atoms. The van der Waals surface area contributed by atoms with Crippen molar-refractivity contribution < 1.29 is 23.2 Å². The maximum absolute atomic E-state index is 12.4. The van der Waals surface area contributed by atoms with Gasteiger partial charge in [0.1, 0.15) is 6.04 Å². The molecule has 0 fully saturated rings. The first-order valence-corrected chi connectivity index (χ1v) is 8.59. The predicted octanol–water partition coefficient (Wildman–Crippen LogP) is 2.13. The molecule has 0 aromatic heterocycles. The summed E-state index contributed by atoms with van der Waals surface area (Å²) < 4.78 is 26.9. The average Bonchev–Trinajstić information content (AvgIpc) is 2.45. The molecule has 0 radical (unpaired) electrons. The number of nitro benzene ring substituents is 1. The molecule has 0 aliphatic rings. The lowest BCUT2D eigenvalue weighted by atomic mass is 10.1. The maximum Gasteiger partial charge on any atom is 0.321 e. The third kappa shape index (κ3) is 4.73. The van der Waals surface area contributed by atoms with Crippen molar-refractivity contribution in [1.82, 2.24) is 4.72 Å². The summed E-state index contributed by atoms with van der Waals surface area (Å²) in [5.41, 5.74) is 0.577. The van der Waals surface area contributed by atoms with Gasteiger partial charge in [-0.1, -0.05) is 19.8 Å². The Morgan fingerprint density at radius 1 is 1.35 bits per heavy atom. The van der Waals surface area contributed by atoms with Crippen molar-refractivity contribution in [2.75, 3.05) is 0 Å². The van der Waals surface area contributed by atoms with Crippen LogP contribution >= 0.6 is 0 Å². The molecule has 0 saturated carbocycles. The van der Waals surface area contributed by atoms with Crippen LogP contribution in [0.4, 0.5) is 5.69 Å². The Labute approximate surface area is 134 Å². The zero-order valence-corrected chi connectivity index (χ0v) is 14.0. The number of hydrogen-bond donors (Lipinski definition) is 2. The number of carboxylic acid groups (broad SMARTS) is 1. The van der Waals surface area contributed by atoms with E-state index < -0.39 is 37.5 Å². The Hall–Kier alpha value is -2.00. The van der Waals surface area contributed by atoms with E-state index in [2.05, 4.69) is 4.72 Å². The van der Waals surface area contributed by atoms with Gasteiger partial charge in [0.25, 0.3) is 5.69 Å². The monoisotopic (exact) mass is 344 g/mol. The van der Waals surface area contributed by atoms with Gasteiger partial charge in [0.15, 0.2) is 4.90 Å². The van der Waals surface area contributed by atoms with E-state index in [0.717, 1.165) is 0 Å². The third-order valence-corrected chi connectivity index (χ3v) is 5.00. The number of aryl methyl sites for hydroxylation is 2. The number of carbonyl (C=O) groups is 1. The second kappa shape index (κ2) is 7.51. The smallest absolute Gasteiger partial charge is 0.321 e. The van der Waals surface area contributed by atoms with Crippen molar-refractivity contribution >= 4 is 21.7 Å². The van der Waals surface area contributed by atoms with Gasteiger partial charge < -0.3 is 5.11 Å². The van der Waals surface area contributed by atoms with Crippen LogP contribution in [0.15, 0.2) is 17.0 Å². The molecular weight excluding hydrogens is 324 g/mol. The van der Waals surface area contributed by atoms with Crippen molar-refractivity contribution in [3.63, 3.8) is 0 Å². The lowest BCUT2D eigenvalue weighted by Gasteiger charge is -2.15. The molecule has 0 aliphatic carbocycles. The van der Waals surface area contributed by atoms with Crippen LogP contribution in [0.3, 0.4) is 0 Å². The fraction of sp³-hybridized carbons (Fsp3) is 0.500. The quantitative estimate of drug-likeness (QED) is 0.549. The molecule has 2 N–H and O–H groups in total. The highest BCUT2D eigenvalue weighted by Crippen LogP contribution is 2.27. The van der Waals surface area contributed by atoms with Crippen LogP contribution in [0.5, 0.6) is 0 Å². The van der Waals surface area contributed by atoms with Gasteiger partial charge >= 0.3 is 5.97 Å². The van der Waals surface area contributed by atoms with Crippen molar-refractivity contribution in [2.24, 2.45) is 0 Å². The van der Waals surface area contributed by atoms with Gasteiger partial charge in [0.2, 0.25) is 10.0 Å². The van der Waals surface area contributed by atoms with Crippen LogP contribution in [0.25, 0.3) is 0 Å². The molecule has 0 heterocycles. The first-order valence-electron chi connectivity index (χ1n) is 7.11. The van der Waals surface area contributed by atoms with E-state index in [1.165, 1.54) is 12.1 Å². The van der Waals surface area contributed by atoms with E-state index in [1.807, 2.05) is 6.92 Å². The van der Waals surface area contributed by atoms with Crippen LogP contribution in [0.2, 0.25) is 0 Å². The third-order valence-electron chi connectivity index (χ3n) is 3.50. The molecule has 0 saturated heterocycles. The number of nitrogens with zero attached hydrogens (tertiary/aromatic N) is 1. The summed E-state index contributed by atoms with van der Waals surface area (Å²) in [6.45, 7) is 5.11. The zero-order valence-electron chi connectivity index (χ0n) is 13.2. The standard InChI is InChI=1S/C14H20N2O6S/c1-4-5-6-11(14(17)18)15-23(21,22)13-8-10(3)9(2)7-12(13)16(19)20/h7-8,11,15H,4-6H2,1-3H3,(H,17,18). The molecule has 1 rings (SSSR count). The molecule has 1 aromatic carbocycles. The molecular formula is C14H20N2O6S. The summed E-state index contributed by atoms with van der Waals surface area (Å²) in [6, 6.07) is 1.04. The highest BCUT2D eigenvalue weighted by atomic mass is 32.2. The lowest BCUT2D eigenvalue weighted by molar-refractivity contribution is -0.387. The minimum Gasteiger partial charge on any atom is -0.480 e. The summed E-state index contributed by atoms with van der Waals surface area (Å²) in [5, 5.41) is 20.2. The molecule has 0 bridgehead atoms. The minimum absolute atomic E-state index is 0.115. The number of hydrogen-bond acceptors (Lipinski definition) is 5. The Bertz CT molecular complexity index is 714. The van der Waals surface area contributed by atoms with Crippen LogP contribution in [-0.2, 0) is 14.8 Å². The topological polar surface area (TPSA) is 127 Å². The number of sulfonamides is 1. The van der Waals surface area contributed by atoms with E-state index in [0.29, 0.717) is 24.0 Å². The minimum atomic E-state index is -4.32. The van der Waals surface area contributed by atoms with Crippen molar-refractivity contribution in [3.05, 3.63) is 33.4 Å². The van der Waals surface area contributed by atoms with Gasteiger partial charge in [-0.05, 0) is 37.5 Å². The second-order valence-electron chi connectivity index (χ2n) is 5.32. The van der Waals surface area contributed by atoms with Gasteiger partial charge in [0.05, 0.1) is 4.92 Å². The molecule has 0 amide bonds. The number of rotatable bonds is 8.